The van der Waals surface area contributed by atoms with Crippen LogP contribution in [0.25, 0.3) is 0 Å². The largest absolute Gasteiger partial charge is 0.444 e. The molecule has 1 amide bonds. The van der Waals surface area contributed by atoms with Crippen molar-refractivity contribution in [2.75, 3.05) is 6.54 Å². The van der Waals surface area contributed by atoms with Gasteiger partial charge in [0.15, 0.2) is 0 Å². The Labute approximate surface area is 115 Å². The topological polar surface area (TPSA) is 78.8 Å². The summed E-state index contributed by atoms with van der Waals surface area (Å²) in [5, 5.41) is 22.0. The Bertz CT molecular complexity index is 267. The van der Waals surface area contributed by atoms with Crippen LogP contribution in [0.3, 0.4) is 0 Å². The molecular formula is C11H21NO4Os. The average molecular weight is 422 g/mol. The van der Waals surface area contributed by atoms with Crippen LogP contribution in [-0.2, 0) is 24.5 Å². The van der Waals surface area contributed by atoms with Crippen LogP contribution < -0.4 is 5.32 Å². The van der Waals surface area contributed by atoms with Gasteiger partial charge in [0, 0.05) is 19.8 Å². The van der Waals surface area contributed by atoms with Gasteiger partial charge in [-0.15, -0.1) is 0 Å². The van der Waals surface area contributed by atoms with Gasteiger partial charge >= 0.3 is 6.09 Å². The summed E-state index contributed by atoms with van der Waals surface area (Å²) in [6.07, 6.45) is 0.520. The molecule has 5 nitrogen and oxygen atoms in total. The number of ether oxygens (including phenoxy) is 1. The molecule has 3 N–H and O–H groups in total. The van der Waals surface area contributed by atoms with Gasteiger partial charge in [0.25, 0.3) is 0 Å². The fourth-order valence-electron chi connectivity index (χ4n) is 1.78. The molecule has 1 fully saturated rings. The SMILES string of the molecule is CC(C)(C)OC(=O)NC[C@]1(O)CCC[C@H]1O.[Os]. The molecule has 1 aliphatic rings. The van der Waals surface area contributed by atoms with Gasteiger partial charge in [0.2, 0.25) is 0 Å². The van der Waals surface area contributed by atoms with E-state index in [1.165, 1.54) is 0 Å². The van der Waals surface area contributed by atoms with E-state index in [4.69, 9.17) is 4.74 Å². The number of amides is 1. The number of alkyl carbamates (subject to hydrolysis) is 1. The van der Waals surface area contributed by atoms with Crippen LogP contribution in [0.4, 0.5) is 4.79 Å². The van der Waals surface area contributed by atoms with Gasteiger partial charge in [-0.25, -0.2) is 4.79 Å². The molecule has 0 heterocycles. The molecule has 0 aromatic rings. The van der Waals surface area contributed by atoms with Crippen LogP contribution >= 0.6 is 0 Å². The smallest absolute Gasteiger partial charge is 0.407 e. The molecule has 0 unspecified atom stereocenters. The molecule has 0 bridgehead atoms. The van der Waals surface area contributed by atoms with Gasteiger partial charge in [0.05, 0.1) is 12.6 Å². The molecule has 0 radical (unpaired) electrons. The maximum absolute atomic E-state index is 11.3. The summed E-state index contributed by atoms with van der Waals surface area (Å²) in [4.78, 5) is 11.3. The molecule has 0 aliphatic heterocycles. The Kier molecular flexibility index (Phi) is 6.07. The zero-order valence-electron chi connectivity index (χ0n) is 10.5. The molecule has 0 aromatic carbocycles. The van der Waals surface area contributed by atoms with Gasteiger partial charge in [-0.3, -0.25) is 0 Å². The van der Waals surface area contributed by atoms with Crippen LogP contribution in [0.5, 0.6) is 0 Å². The summed E-state index contributed by atoms with van der Waals surface area (Å²) in [5.74, 6) is 0. The standard InChI is InChI=1S/C11H21NO4.Os/c1-10(2,3)16-9(14)12-7-11(15)6-4-5-8(11)13;/h8,13,15H,4-7H2,1-3H3,(H,12,14);/t8-,11-;/m1./s1. The normalized spacial score (nSPS) is 28.4. The van der Waals surface area contributed by atoms with Crippen molar-refractivity contribution in [1.29, 1.82) is 0 Å². The first kappa shape index (κ1) is 16.8. The molecule has 6 heteroatoms. The fraction of sp³-hybridized carbons (Fsp3) is 0.909. The van der Waals surface area contributed by atoms with E-state index in [0.29, 0.717) is 12.8 Å². The van der Waals surface area contributed by atoms with Crippen molar-refractivity contribution in [3.63, 3.8) is 0 Å². The van der Waals surface area contributed by atoms with E-state index < -0.39 is 23.4 Å². The second kappa shape index (κ2) is 6.13. The second-order valence-corrected chi connectivity index (χ2v) is 5.37. The zero-order valence-corrected chi connectivity index (χ0v) is 13.0. The number of carbonyl (C=O) groups is 1. The third-order valence-electron chi connectivity index (χ3n) is 2.65. The van der Waals surface area contributed by atoms with Gasteiger partial charge in [-0.1, -0.05) is 0 Å². The van der Waals surface area contributed by atoms with Gasteiger partial charge in [-0.2, -0.15) is 0 Å². The maximum atomic E-state index is 11.3. The van der Waals surface area contributed by atoms with Crippen molar-refractivity contribution >= 4 is 6.09 Å². The van der Waals surface area contributed by atoms with E-state index in [1.807, 2.05) is 0 Å². The van der Waals surface area contributed by atoms with Crippen LogP contribution in [-0.4, -0.2) is 40.2 Å². The van der Waals surface area contributed by atoms with Crippen LogP contribution in [0.2, 0.25) is 0 Å². The number of hydrogen-bond donors (Lipinski definition) is 3. The van der Waals surface area contributed by atoms with Gasteiger partial charge < -0.3 is 20.3 Å². The van der Waals surface area contributed by atoms with Crippen molar-refractivity contribution in [2.24, 2.45) is 0 Å². The predicted molar refractivity (Wildman–Crippen MR) is 59.0 cm³/mol. The van der Waals surface area contributed by atoms with Gasteiger partial charge in [-0.05, 0) is 40.0 Å². The second-order valence-electron chi connectivity index (χ2n) is 5.37. The van der Waals surface area contributed by atoms with Crippen molar-refractivity contribution in [3.05, 3.63) is 0 Å². The van der Waals surface area contributed by atoms with Crippen LogP contribution in [0, 0.1) is 0 Å². The summed E-state index contributed by atoms with van der Waals surface area (Å²) >= 11 is 0. The monoisotopic (exact) mass is 423 g/mol. The number of aliphatic hydroxyl groups excluding tert-OH is 1. The van der Waals surface area contributed by atoms with Crippen LogP contribution in [0.1, 0.15) is 40.0 Å². The molecule has 1 rings (SSSR count). The first-order valence-electron chi connectivity index (χ1n) is 5.60. The first-order chi connectivity index (χ1) is 7.23. The number of aliphatic hydroxyl groups is 2. The van der Waals surface area contributed by atoms with Crippen molar-refractivity contribution in [1.82, 2.24) is 5.32 Å². The van der Waals surface area contributed by atoms with Crippen molar-refractivity contribution in [3.8, 4) is 0 Å². The number of nitrogens with one attached hydrogen (secondary N) is 1. The summed E-state index contributed by atoms with van der Waals surface area (Å²) in [7, 11) is 0. The number of carbonyl (C=O) groups excluding carboxylic acids is 1. The molecule has 1 aliphatic carbocycles. The molecule has 0 saturated heterocycles. The zero-order chi connectivity index (χ0) is 12.4. The molecule has 0 aromatic heterocycles. The Morgan fingerprint density at radius 3 is 2.53 bits per heavy atom. The minimum Gasteiger partial charge on any atom is -0.444 e. The summed E-state index contributed by atoms with van der Waals surface area (Å²) < 4.78 is 5.03. The summed E-state index contributed by atoms with van der Waals surface area (Å²) in [6, 6.07) is 0. The molecule has 1 saturated carbocycles. The molecule has 17 heavy (non-hydrogen) atoms. The molecule has 0 spiro atoms. The van der Waals surface area contributed by atoms with Gasteiger partial charge in [0.1, 0.15) is 11.2 Å². The van der Waals surface area contributed by atoms with E-state index in [9.17, 15) is 15.0 Å². The first-order valence-corrected chi connectivity index (χ1v) is 5.60. The molecule has 2 atom stereocenters. The Hall–Kier alpha value is -0.174. The average Bonchev–Trinajstić information content (AvgIpc) is 2.42. The minimum atomic E-state index is -1.20. The van der Waals surface area contributed by atoms with E-state index in [2.05, 4.69) is 5.32 Å². The van der Waals surface area contributed by atoms with E-state index in [1.54, 1.807) is 20.8 Å². The quantitative estimate of drug-likeness (QED) is 0.616. The Morgan fingerprint density at radius 2 is 2.12 bits per heavy atom. The predicted octanol–water partition coefficient (Wildman–Crippen LogP) is 0.784. The van der Waals surface area contributed by atoms with E-state index >= 15 is 0 Å². The summed E-state index contributed by atoms with van der Waals surface area (Å²) in [6.45, 7) is 5.34. The third-order valence-corrected chi connectivity index (χ3v) is 2.65. The molecule has 102 valence electrons. The summed E-state index contributed by atoms with van der Waals surface area (Å²) in [5.41, 5.74) is -1.75. The Morgan fingerprint density at radius 1 is 1.53 bits per heavy atom. The fourth-order valence-corrected chi connectivity index (χ4v) is 1.78. The van der Waals surface area contributed by atoms with Crippen molar-refractivity contribution < 1.29 is 39.5 Å². The Balaban J connectivity index is 0.00000256. The van der Waals surface area contributed by atoms with E-state index in [-0.39, 0.29) is 26.3 Å². The van der Waals surface area contributed by atoms with Crippen LogP contribution in [0.15, 0.2) is 0 Å². The minimum absolute atomic E-state index is 0. The number of rotatable bonds is 2. The number of hydrogen-bond acceptors (Lipinski definition) is 4. The maximum Gasteiger partial charge on any atom is 0.407 e. The van der Waals surface area contributed by atoms with E-state index in [0.717, 1.165) is 6.42 Å². The van der Waals surface area contributed by atoms with Crippen molar-refractivity contribution in [2.45, 2.75) is 57.3 Å². The third kappa shape index (κ3) is 5.33. The molecular weight excluding hydrogens is 400 g/mol.